The van der Waals surface area contributed by atoms with Gasteiger partial charge in [0.05, 0.1) is 24.0 Å². The molecule has 0 aliphatic rings. The van der Waals surface area contributed by atoms with Gasteiger partial charge >= 0.3 is 0 Å². The highest BCUT2D eigenvalue weighted by Gasteiger charge is 2.36. The molecule has 3 rings (SSSR count). The van der Waals surface area contributed by atoms with Crippen LogP contribution in [0.2, 0.25) is 0 Å². The molecule has 0 spiro atoms. The summed E-state index contributed by atoms with van der Waals surface area (Å²) in [5, 5.41) is 9.34. The first-order valence-electron chi connectivity index (χ1n) is 9.45. The van der Waals surface area contributed by atoms with Gasteiger partial charge in [-0.15, -0.1) is 0 Å². The van der Waals surface area contributed by atoms with Gasteiger partial charge in [-0.05, 0) is 29.8 Å². The van der Waals surface area contributed by atoms with E-state index in [-0.39, 0.29) is 17.9 Å². The van der Waals surface area contributed by atoms with E-state index >= 15 is 0 Å². The number of benzene rings is 2. The number of nitrogens with zero attached hydrogens (tertiary/aromatic N) is 3. The lowest BCUT2D eigenvalue weighted by atomic mass is 10.1. The second-order valence-electron chi connectivity index (χ2n) is 6.94. The molecule has 0 radical (unpaired) electrons. The van der Waals surface area contributed by atoms with Crippen LogP contribution in [0.15, 0.2) is 72.0 Å². The standard InChI is InChI=1S/C21H24N4O5S/c1-24-14-17(22-15-24)12-20(21(26)23-27)25(13-16-6-4-3-5-7-16)31(28,29)19-10-8-18(30-2)9-11-19/h3-11,14-15,20,27H,12-13H2,1-2H3,(H,23,26). The van der Waals surface area contributed by atoms with Gasteiger partial charge in [0.15, 0.2) is 0 Å². The second kappa shape index (κ2) is 9.73. The van der Waals surface area contributed by atoms with Crippen LogP contribution in [0.3, 0.4) is 0 Å². The van der Waals surface area contributed by atoms with Crippen LogP contribution in [0.25, 0.3) is 0 Å². The maximum absolute atomic E-state index is 13.6. The number of methoxy groups -OCH3 is 1. The van der Waals surface area contributed by atoms with Crippen LogP contribution >= 0.6 is 0 Å². The molecule has 0 aliphatic heterocycles. The molecule has 1 heterocycles. The van der Waals surface area contributed by atoms with Crippen LogP contribution < -0.4 is 10.2 Å². The largest absolute Gasteiger partial charge is 0.497 e. The molecule has 0 aliphatic carbocycles. The van der Waals surface area contributed by atoms with E-state index in [1.54, 1.807) is 53.9 Å². The summed E-state index contributed by atoms with van der Waals surface area (Å²) >= 11 is 0. The van der Waals surface area contributed by atoms with Crippen molar-refractivity contribution in [2.75, 3.05) is 7.11 Å². The van der Waals surface area contributed by atoms with Gasteiger partial charge in [0.1, 0.15) is 11.8 Å². The Labute approximate surface area is 180 Å². The first kappa shape index (κ1) is 22.5. The van der Waals surface area contributed by atoms with E-state index < -0.39 is 22.0 Å². The number of hydrogen-bond donors (Lipinski definition) is 2. The Morgan fingerprint density at radius 1 is 1.19 bits per heavy atom. The minimum absolute atomic E-state index is 0.000918. The number of ether oxygens (including phenoxy) is 1. The molecule has 31 heavy (non-hydrogen) atoms. The zero-order chi connectivity index (χ0) is 22.4. The van der Waals surface area contributed by atoms with Crippen molar-refractivity contribution in [3.8, 4) is 5.75 Å². The minimum atomic E-state index is -4.12. The van der Waals surface area contributed by atoms with Crippen LogP contribution in [-0.4, -0.2) is 46.5 Å². The maximum atomic E-state index is 13.6. The molecule has 3 aromatic rings. The van der Waals surface area contributed by atoms with Gasteiger partial charge in [0, 0.05) is 26.2 Å². The quantitative estimate of drug-likeness (QED) is 0.384. The third kappa shape index (κ3) is 5.29. The number of carbonyl (C=O) groups excluding carboxylic acids is 1. The number of aromatic nitrogens is 2. The number of amides is 1. The molecule has 10 heteroatoms. The lowest BCUT2D eigenvalue weighted by molar-refractivity contribution is -0.133. The molecule has 9 nitrogen and oxygen atoms in total. The second-order valence-corrected chi connectivity index (χ2v) is 8.83. The van der Waals surface area contributed by atoms with E-state index in [1.807, 2.05) is 6.07 Å². The molecule has 1 unspecified atom stereocenters. The zero-order valence-corrected chi connectivity index (χ0v) is 18.0. The third-order valence-electron chi connectivity index (χ3n) is 4.77. The molecule has 2 aromatic carbocycles. The van der Waals surface area contributed by atoms with Crippen LogP contribution in [0.4, 0.5) is 0 Å². The van der Waals surface area contributed by atoms with Crippen molar-refractivity contribution < 1.29 is 23.2 Å². The van der Waals surface area contributed by atoms with E-state index in [9.17, 15) is 18.4 Å². The van der Waals surface area contributed by atoms with Crippen LogP contribution in [0.5, 0.6) is 5.75 Å². The Balaban J connectivity index is 2.06. The van der Waals surface area contributed by atoms with Crippen LogP contribution in [0.1, 0.15) is 11.3 Å². The summed E-state index contributed by atoms with van der Waals surface area (Å²) in [5.74, 6) is -0.342. The maximum Gasteiger partial charge on any atom is 0.262 e. The SMILES string of the molecule is COc1ccc(S(=O)(=O)N(Cc2ccccc2)C(Cc2cn(C)cn2)C(=O)NO)cc1. The summed E-state index contributed by atoms with van der Waals surface area (Å²) in [5.41, 5.74) is 2.80. The van der Waals surface area contributed by atoms with E-state index in [0.717, 1.165) is 4.31 Å². The molecule has 0 saturated carbocycles. The predicted molar refractivity (Wildman–Crippen MR) is 113 cm³/mol. The molecule has 0 bridgehead atoms. The van der Waals surface area contributed by atoms with Crippen molar-refractivity contribution in [3.63, 3.8) is 0 Å². The molecule has 1 aromatic heterocycles. The molecule has 2 N–H and O–H groups in total. The van der Waals surface area contributed by atoms with E-state index in [1.165, 1.54) is 31.4 Å². The van der Waals surface area contributed by atoms with Crippen molar-refractivity contribution in [3.05, 3.63) is 78.4 Å². The number of rotatable bonds is 9. The average Bonchev–Trinajstić information content (AvgIpc) is 3.21. The average molecular weight is 445 g/mol. The fraction of sp³-hybridized carbons (Fsp3) is 0.238. The van der Waals surface area contributed by atoms with E-state index in [4.69, 9.17) is 4.74 Å². The highest BCUT2D eigenvalue weighted by molar-refractivity contribution is 7.89. The number of carbonyl (C=O) groups is 1. The molecule has 0 saturated heterocycles. The Morgan fingerprint density at radius 3 is 2.42 bits per heavy atom. The molecular weight excluding hydrogens is 420 g/mol. The molecule has 1 atom stereocenters. The fourth-order valence-corrected chi connectivity index (χ4v) is 4.75. The summed E-state index contributed by atoms with van der Waals surface area (Å²) in [6.45, 7) is -0.0693. The molecule has 164 valence electrons. The Bertz CT molecular complexity index is 1110. The highest BCUT2D eigenvalue weighted by Crippen LogP contribution is 2.25. The Kier molecular flexibility index (Phi) is 7.06. The number of sulfonamides is 1. The van der Waals surface area contributed by atoms with E-state index in [0.29, 0.717) is 17.0 Å². The van der Waals surface area contributed by atoms with Crippen LogP contribution in [-0.2, 0) is 34.8 Å². The van der Waals surface area contributed by atoms with Gasteiger partial charge in [0.25, 0.3) is 5.91 Å². The summed E-state index contributed by atoms with van der Waals surface area (Å²) in [6.07, 6.45) is 3.23. The summed E-state index contributed by atoms with van der Waals surface area (Å²) in [7, 11) is -0.864. The molecule has 0 fully saturated rings. The first-order chi connectivity index (χ1) is 14.8. The van der Waals surface area contributed by atoms with Crippen molar-refractivity contribution in [2.24, 2.45) is 7.05 Å². The Morgan fingerprint density at radius 2 is 1.87 bits per heavy atom. The highest BCUT2D eigenvalue weighted by atomic mass is 32.2. The molecule has 1 amide bonds. The number of hydroxylamine groups is 1. The van der Waals surface area contributed by atoms with Crippen molar-refractivity contribution in [1.82, 2.24) is 19.3 Å². The summed E-state index contributed by atoms with van der Waals surface area (Å²) in [6, 6.07) is 13.6. The monoisotopic (exact) mass is 444 g/mol. The third-order valence-corrected chi connectivity index (χ3v) is 6.64. The zero-order valence-electron chi connectivity index (χ0n) is 17.2. The van der Waals surface area contributed by atoms with Crippen LogP contribution in [0, 0.1) is 0 Å². The van der Waals surface area contributed by atoms with Gasteiger partial charge in [-0.2, -0.15) is 4.31 Å². The molecular formula is C21H24N4O5S. The van der Waals surface area contributed by atoms with Gasteiger partial charge in [0.2, 0.25) is 10.0 Å². The van der Waals surface area contributed by atoms with Gasteiger partial charge < -0.3 is 9.30 Å². The number of aryl methyl sites for hydroxylation is 1. The minimum Gasteiger partial charge on any atom is -0.497 e. The normalized spacial score (nSPS) is 12.5. The number of nitrogens with one attached hydrogen (secondary N) is 1. The van der Waals surface area contributed by atoms with Crippen molar-refractivity contribution in [1.29, 1.82) is 0 Å². The smallest absolute Gasteiger partial charge is 0.262 e. The van der Waals surface area contributed by atoms with Gasteiger partial charge in [-0.1, -0.05) is 30.3 Å². The number of imidazole rings is 1. The van der Waals surface area contributed by atoms with E-state index in [2.05, 4.69) is 4.98 Å². The van der Waals surface area contributed by atoms with Crippen molar-refractivity contribution >= 4 is 15.9 Å². The lowest BCUT2D eigenvalue weighted by Gasteiger charge is -2.29. The van der Waals surface area contributed by atoms with Gasteiger partial charge in [-0.3, -0.25) is 10.0 Å². The van der Waals surface area contributed by atoms with Crippen molar-refractivity contribution in [2.45, 2.75) is 23.9 Å². The topological polar surface area (TPSA) is 114 Å². The Hall–Kier alpha value is -3.21. The fourth-order valence-electron chi connectivity index (χ4n) is 3.18. The lowest BCUT2D eigenvalue weighted by Crippen LogP contribution is -2.49. The van der Waals surface area contributed by atoms with Gasteiger partial charge in [-0.25, -0.2) is 18.9 Å². The first-order valence-corrected chi connectivity index (χ1v) is 10.9. The summed E-state index contributed by atoms with van der Waals surface area (Å²) in [4.78, 5) is 16.8. The number of hydrogen-bond acceptors (Lipinski definition) is 6. The predicted octanol–water partition coefficient (Wildman–Crippen LogP) is 1.74. The summed E-state index contributed by atoms with van der Waals surface area (Å²) < 4.78 is 35.1.